The van der Waals surface area contributed by atoms with E-state index in [9.17, 15) is 14.0 Å². The van der Waals surface area contributed by atoms with E-state index in [1.807, 2.05) is 6.92 Å². The first-order chi connectivity index (χ1) is 20.7. The lowest BCUT2D eigenvalue weighted by Crippen LogP contribution is -2.41. The van der Waals surface area contributed by atoms with Crippen molar-refractivity contribution in [3.63, 3.8) is 0 Å². The maximum absolute atomic E-state index is 14.7. The number of rotatable bonds is 4. The van der Waals surface area contributed by atoms with E-state index in [0.29, 0.717) is 59.6 Å². The highest BCUT2D eigenvalue weighted by Gasteiger charge is 2.27. The number of amides is 2. The zero-order chi connectivity index (χ0) is 30.5. The average Bonchev–Trinajstić information content (AvgIpc) is 3.04. The molecule has 0 atom stereocenters. The number of pyridine rings is 1. The van der Waals surface area contributed by atoms with E-state index in [1.165, 1.54) is 12.1 Å². The molecule has 5 rings (SSSR count). The smallest absolute Gasteiger partial charge is 0.258 e. The quantitative estimate of drug-likeness (QED) is 0.427. The minimum Gasteiger partial charge on any atom is -0.341 e. The highest BCUT2D eigenvalue weighted by molar-refractivity contribution is 6.06. The maximum atomic E-state index is 14.7. The van der Waals surface area contributed by atoms with Gasteiger partial charge < -0.3 is 14.7 Å². The molecule has 4 heterocycles. The summed E-state index contributed by atoms with van der Waals surface area (Å²) in [6.07, 6.45) is 7.74. The Morgan fingerprint density at radius 3 is 2.40 bits per heavy atom. The summed E-state index contributed by atoms with van der Waals surface area (Å²) < 4.78 is 14.7. The van der Waals surface area contributed by atoms with Gasteiger partial charge in [0, 0.05) is 81.7 Å². The van der Waals surface area contributed by atoms with Crippen molar-refractivity contribution in [3.8, 4) is 0 Å². The highest BCUT2D eigenvalue weighted by Crippen LogP contribution is 2.28. The number of hydrogen-bond acceptors (Lipinski definition) is 7. The number of piperidine rings is 1. The Morgan fingerprint density at radius 1 is 0.953 bits per heavy atom. The zero-order valence-electron chi connectivity index (χ0n) is 25.7. The van der Waals surface area contributed by atoms with Crippen LogP contribution in [0, 0.1) is 18.7 Å². The number of carbonyl (C=O) groups excluding carboxylic acids is 2. The predicted molar refractivity (Wildman–Crippen MR) is 166 cm³/mol. The van der Waals surface area contributed by atoms with Gasteiger partial charge in [-0.15, -0.1) is 0 Å². The summed E-state index contributed by atoms with van der Waals surface area (Å²) in [4.78, 5) is 49.2. The topological polar surface area (TPSA) is 85.8 Å². The zero-order valence-corrected chi connectivity index (χ0v) is 25.7. The number of benzene rings is 1. The number of nitrogens with zero attached hydrogens (tertiary/aromatic N) is 7. The molecule has 3 aromatic rings. The molecule has 2 amide bonds. The van der Waals surface area contributed by atoms with E-state index in [4.69, 9.17) is 4.98 Å². The van der Waals surface area contributed by atoms with Crippen LogP contribution in [0.4, 0.5) is 16.0 Å². The Balaban J connectivity index is 1.49. The summed E-state index contributed by atoms with van der Waals surface area (Å²) in [6, 6.07) is 8.07. The van der Waals surface area contributed by atoms with Gasteiger partial charge in [0.1, 0.15) is 5.82 Å². The molecule has 0 spiro atoms. The molecule has 228 valence electrons. The van der Waals surface area contributed by atoms with Gasteiger partial charge in [0.25, 0.3) is 11.8 Å². The molecule has 10 heteroatoms. The second-order valence-corrected chi connectivity index (χ2v) is 12.0. The van der Waals surface area contributed by atoms with E-state index in [1.54, 1.807) is 46.6 Å². The predicted octanol–water partition coefficient (Wildman–Crippen LogP) is 4.96. The standard InChI is InChI=1S/C33H42FN7O2/c1-23(2)38-14-5-15-41(31(42)26-8-12-35-13-9-26)30-7-6-28(34)20-27(30)22-40(19-18-38)32(43)29-21-36-33(37-25(29)4)39-16-10-24(3)11-17-39/h6-9,12-13,20-21,23-24H,5,10-11,14-19,22H2,1-4H3. The fourth-order valence-corrected chi connectivity index (χ4v) is 5.89. The largest absolute Gasteiger partial charge is 0.341 e. The van der Waals surface area contributed by atoms with E-state index in [-0.39, 0.29) is 24.4 Å². The monoisotopic (exact) mass is 587 g/mol. The molecule has 2 aliphatic rings. The lowest BCUT2D eigenvalue weighted by molar-refractivity contribution is 0.0710. The molecule has 43 heavy (non-hydrogen) atoms. The van der Waals surface area contributed by atoms with Crippen LogP contribution in [0.15, 0.2) is 48.9 Å². The van der Waals surface area contributed by atoms with Crippen molar-refractivity contribution in [2.75, 3.05) is 49.1 Å². The van der Waals surface area contributed by atoms with Crippen molar-refractivity contribution in [2.45, 2.75) is 59.5 Å². The van der Waals surface area contributed by atoms with Crippen molar-refractivity contribution < 1.29 is 14.0 Å². The van der Waals surface area contributed by atoms with Gasteiger partial charge in [-0.25, -0.2) is 14.4 Å². The number of hydrogen-bond donors (Lipinski definition) is 0. The lowest BCUT2D eigenvalue weighted by atomic mass is 10.00. The first-order valence-electron chi connectivity index (χ1n) is 15.3. The molecule has 2 aromatic heterocycles. The molecule has 2 aliphatic heterocycles. The van der Waals surface area contributed by atoms with E-state index in [0.717, 1.165) is 38.9 Å². The molecule has 0 N–H and O–H groups in total. The van der Waals surface area contributed by atoms with Crippen molar-refractivity contribution >= 4 is 23.5 Å². The minimum absolute atomic E-state index is 0.142. The van der Waals surface area contributed by atoms with E-state index < -0.39 is 5.82 Å². The summed E-state index contributed by atoms with van der Waals surface area (Å²) in [5, 5.41) is 0. The minimum atomic E-state index is -0.416. The van der Waals surface area contributed by atoms with E-state index in [2.05, 4.69) is 40.5 Å². The van der Waals surface area contributed by atoms with Crippen LogP contribution < -0.4 is 9.80 Å². The van der Waals surface area contributed by atoms with Crippen LogP contribution in [-0.4, -0.2) is 81.9 Å². The van der Waals surface area contributed by atoms with Crippen molar-refractivity contribution in [2.24, 2.45) is 5.92 Å². The van der Waals surface area contributed by atoms with Gasteiger partial charge in [-0.05, 0) is 81.8 Å². The summed E-state index contributed by atoms with van der Waals surface area (Å²) >= 11 is 0. The van der Waals surface area contributed by atoms with Gasteiger partial charge in [0.05, 0.1) is 11.3 Å². The first-order valence-corrected chi connectivity index (χ1v) is 15.3. The number of anilines is 2. The van der Waals surface area contributed by atoms with Crippen LogP contribution in [0.25, 0.3) is 0 Å². The second-order valence-electron chi connectivity index (χ2n) is 12.0. The third kappa shape index (κ3) is 7.18. The van der Waals surface area contributed by atoms with Gasteiger partial charge in [0.15, 0.2) is 0 Å². The van der Waals surface area contributed by atoms with Crippen molar-refractivity contribution in [1.29, 1.82) is 0 Å². The SMILES string of the molecule is Cc1nc(N2CCC(C)CC2)ncc1C(=O)N1CCN(C(C)C)CCCN(C(=O)c2ccncc2)c2ccc(F)cc2C1. The summed E-state index contributed by atoms with van der Waals surface area (Å²) in [5.41, 5.74) is 2.73. The molecule has 0 radical (unpaired) electrons. The van der Waals surface area contributed by atoms with Crippen LogP contribution in [0.2, 0.25) is 0 Å². The van der Waals surface area contributed by atoms with Gasteiger partial charge in [0.2, 0.25) is 5.95 Å². The number of aryl methyl sites for hydroxylation is 1. The first kappa shape index (κ1) is 30.5. The van der Waals surface area contributed by atoms with Crippen LogP contribution in [0.3, 0.4) is 0 Å². The van der Waals surface area contributed by atoms with Gasteiger partial charge in [-0.3, -0.25) is 19.5 Å². The van der Waals surface area contributed by atoms with Crippen LogP contribution in [0.5, 0.6) is 0 Å². The molecule has 0 saturated carbocycles. The van der Waals surface area contributed by atoms with Gasteiger partial charge in [-0.2, -0.15) is 0 Å². The Kier molecular flexibility index (Phi) is 9.65. The van der Waals surface area contributed by atoms with Gasteiger partial charge in [-0.1, -0.05) is 6.92 Å². The summed E-state index contributed by atoms with van der Waals surface area (Å²) in [6.45, 7) is 12.6. The molecular formula is C33H42FN7O2. The number of aromatic nitrogens is 3. The molecule has 1 aromatic carbocycles. The summed E-state index contributed by atoms with van der Waals surface area (Å²) in [5.74, 6) is 0.539. The number of carbonyl (C=O) groups is 2. The third-order valence-corrected chi connectivity index (χ3v) is 8.63. The molecule has 0 bridgehead atoms. The molecule has 0 aliphatic carbocycles. The van der Waals surface area contributed by atoms with Crippen LogP contribution in [-0.2, 0) is 6.54 Å². The van der Waals surface area contributed by atoms with Crippen molar-refractivity contribution in [1.82, 2.24) is 24.8 Å². The van der Waals surface area contributed by atoms with Crippen LogP contribution in [0.1, 0.15) is 72.0 Å². The van der Waals surface area contributed by atoms with Gasteiger partial charge >= 0.3 is 0 Å². The Labute approximate surface area is 253 Å². The fraction of sp³-hybridized carbons (Fsp3) is 0.485. The Bertz CT molecular complexity index is 1430. The Hall–Kier alpha value is -3.92. The van der Waals surface area contributed by atoms with E-state index >= 15 is 0 Å². The fourth-order valence-electron chi connectivity index (χ4n) is 5.89. The second kappa shape index (κ2) is 13.6. The lowest BCUT2D eigenvalue weighted by Gasteiger charge is -2.31. The average molecular weight is 588 g/mol. The Morgan fingerprint density at radius 2 is 1.70 bits per heavy atom. The summed E-state index contributed by atoms with van der Waals surface area (Å²) in [7, 11) is 0. The van der Waals surface area contributed by atoms with Crippen LogP contribution >= 0.6 is 0 Å². The van der Waals surface area contributed by atoms with Crippen molar-refractivity contribution in [3.05, 3.63) is 77.1 Å². The normalized spacial score (nSPS) is 17.5. The molecule has 0 unspecified atom stereocenters. The number of halogens is 1. The third-order valence-electron chi connectivity index (χ3n) is 8.63. The maximum Gasteiger partial charge on any atom is 0.258 e. The molecule has 1 saturated heterocycles. The molecular weight excluding hydrogens is 545 g/mol. The highest BCUT2D eigenvalue weighted by atomic mass is 19.1. The number of fused-ring (bicyclic) bond motifs is 1. The molecule has 1 fully saturated rings. The molecule has 9 nitrogen and oxygen atoms in total.